The second-order valence-electron chi connectivity index (χ2n) is 6.74. The molecule has 3 N–H and O–H groups in total. The number of amides is 2. The molecule has 146 valence electrons. The first-order valence-electron chi connectivity index (χ1n) is 9.27. The van der Waals surface area contributed by atoms with E-state index in [1.807, 2.05) is 45.0 Å². The minimum absolute atomic E-state index is 0.101. The highest BCUT2D eigenvalue weighted by molar-refractivity contribution is 6.01. The molecular weight excluding hydrogens is 356 g/mol. The van der Waals surface area contributed by atoms with E-state index in [4.69, 9.17) is 4.74 Å². The van der Waals surface area contributed by atoms with Gasteiger partial charge < -0.3 is 15.0 Å². The standard InChI is InChI=1S/C21H24N4O3/c1-4-28-15-11-9-14(10-12-15)19(26)24-18(13(2)3)20(27)25-21-22-16-7-5-6-8-17(16)23-21/h5-13,18H,4H2,1-3H3,(H,24,26)(H2,22,23,25,27)/t18-/m0/s1. The largest absolute Gasteiger partial charge is 0.494 e. The number of nitrogens with zero attached hydrogens (tertiary/aromatic N) is 1. The van der Waals surface area contributed by atoms with Crippen LogP contribution in [0.25, 0.3) is 11.0 Å². The lowest BCUT2D eigenvalue weighted by Gasteiger charge is -2.21. The van der Waals surface area contributed by atoms with Crippen molar-refractivity contribution in [2.45, 2.75) is 26.8 Å². The number of aromatic amines is 1. The predicted molar refractivity (Wildman–Crippen MR) is 108 cm³/mol. The number of anilines is 1. The molecule has 0 radical (unpaired) electrons. The molecule has 0 saturated heterocycles. The summed E-state index contributed by atoms with van der Waals surface area (Å²) in [4.78, 5) is 32.7. The molecule has 0 bridgehead atoms. The minimum atomic E-state index is -0.702. The van der Waals surface area contributed by atoms with Crippen LogP contribution in [0, 0.1) is 5.92 Å². The number of hydrogen-bond donors (Lipinski definition) is 3. The van der Waals surface area contributed by atoms with Gasteiger partial charge in [-0.05, 0) is 49.2 Å². The Kier molecular flexibility index (Phi) is 5.93. The number of imidazole rings is 1. The van der Waals surface area contributed by atoms with Gasteiger partial charge in [-0.1, -0.05) is 26.0 Å². The summed E-state index contributed by atoms with van der Waals surface area (Å²) < 4.78 is 5.38. The minimum Gasteiger partial charge on any atom is -0.494 e. The van der Waals surface area contributed by atoms with Gasteiger partial charge in [-0.3, -0.25) is 14.9 Å². The van der Waals surface area contributed by atoms with Crippen molar-refractivity contribution in [1.82, 2.24) is 15.3 Å². The number of carbonyl (C=O) groups excluding carboxylic acids is 2. The Labute approximate surface area is 163 Å². The normalized spacial score (nSPS) is 12.0. The highest BCUT2D eigenvalue weighted by Gasteiger charge is 2.25. The van der Waals surface area contributed by atoms with Crippen LogP contribution in [0.3, 0.4) is 0 Å². The molecule has 0 spiro atoms. The molecule has 0 aliphatic heterocycles. The molecule has 7 heteroatoms. The van der Waals surface area contributed by atoms with Crippen molar-refractivity contribution in [3.8, 4) is 5.75 Å². The van der Waals surface area contributed by atoms with E-state index in [0.717, 1.165) is 11.0 Å². The van der Waals surface area contributed by atoms with E-state index in [9.17, 15) is 9.59 Å². The molecule has 0 aliphatic rings. The van der Waals surface area contributed by atoms with Crippen LogP contribution < -0.4 is 15.4 Å². The lowest BCUT2D eigenvalue weighted by Crippen LogP contribution is -2.47. The van der Waals surface area contributed by atoms with Gasteiger partial charge in [0.25, 0.3) is 5.91 Å². The zero-order chi connectivity index (χ0) is 20.1. The van der Waals surface area contributed by atoms with Crippen molar-refractivity contribution in [1.29, 1.82) is 0 Å². The highest BCUT2D eigenvalue weighted by atomic mass is 16.5. The van der Waals surface area contributed by atoms with Crippen LogP contribution in [0.2, 0.25) is 0 Å². The van der Waals surface area contributed by atoms with Gasteiger partial charge in [-0.2, -0.15) is 0 Å². The lowest BCUT2D eigenvalue weighted by molar-refractivity contribution is -0.118. The van der Waals surface area contributed by atoms with Crippen molar-refractivity contribution in [3.05, 3.63) is 54.1 Å². The summed E-state index contributed by atoms with van der Waals surface area (Å²) in [5.41, 5.74) is 2.06. The van der Waals surface area contributed by atoms with Crippen LogP contribution in [0.4, 0.5) is 5.95 Å². The number of fused-ring (bicyclic) bond motifs is 1. The fourth-order valence-corrected chi connectivity index (χ4v) is 2.84. The number of carbonyl (C=O) groups is 2. The van der Waals surface area contributed by atoms with Crippen LogP contribution in [0.5, 0.6) is 5.75 Å². The number of nitrogens with one attached hydrogen (secondary N) is 3. The van der Waals surface area contributed by atoms with Gasteiger partial charge in [0.15, 0.2) is 0 Å². The molecule has 0 aliphatic carbocycles. The number of hydrogen-bond acceptors (Lipinski definition) is 4. The average Bonchev–Trinajstić information content (AvgIpc) is 3.08. The first-order valence-corrected chi connectivity index (χ1v) is 9.27. The lowest BCUT2D eigenvalue weighted by atomic mass is 10.0. The second-order valence-corrected chi connectivity index (χ2v) is 6.74. The Hall–Kier alpha value is -3.35. The molecule has 1 atom stereocenters. The molecule has 2 amide bonds. The molecular formula is C21H24N4O3. The third-order valence-corrected chi connectivity index (χ3v) is 4.29. The summed E-state index contributed by atoms with van der Waals surface area (Å²) in [6, 6.07) is 13.6. The molecule has 3 aromatic rings. The van der Waals surface area contributed by atoms with E-state index in [-0.39, 0.29) is 17.7 Å². The summed E-state index contributed by atoms with van der Waals surface area (Å²) in [5, 5.41) is 5.56. The Balaban J connectivity index is 1.69. The zero-order valence-electron chi connectivity index (χ0n) is 16.2. The van der Waals surface area contributed by atoms with Crippen molar-refractivity contribution in [2.24, 2.45) is 5.92 Å². The zero-order valence-corrected chi connectivity index (χ0v) is 16.2. The van der Waals surface area contributed by atoms with Crippen molar-refractivity contribution in [2.75, 3.05) is 11.9 Å². The molecule has 7 nitrogen and oxygen atoms in total. The molecule has 28 heavy (non-hydrogen) atoms. The topological polar surface area (TPSA) is 96.1 Å². The van der Waals surface area contributed by atoms with Gasteiger partial charge in [-0.15, -0.1) is 0 Å². The Morgan fingerprint density at radius 3 is 2.46 bits per heavy atom. The highest BCUT2D eigenvalue weighted by Crippen LogP contribution is 2.15. The molecule has 0 saturated carbocycles. The first-order chi connectivity index (χ1) is 13.5. The van der Waals surface area contributed by atoms with E-state index in [2.05, 4.69) is 20.6 Å². The van der Waals surface area contributed by atoms with Crippen molar-refractivity contribution < 1.29 is 14.3 Å². The third-order valence-electron chi connectivity index (χ3n) is 4.29. The molecule has 0 unspecified atom stereocenters. The predicted octanol–water partition coefficient (Wildman–Crippen LogP) is 3.35. The third kappa shape index (κ3) is 4.49. The monoisotopic (exact) mass is 380 g/mol. The number of aromatic nitrogens is 2. The number of H-pyrrole nitrogens is 1. The van der Waals surface area contributed by atoms with E-state index >= 15 is 0 Å². The van der Waals surface area contributed by atoms with E-state index in [0.29, 0.717) is 23.9 Å². The number of ether oxygens (including phenoxy) is 1. The van der Waals surface area contributed by atoms with Gasteiger partial charge in [0.05, 0.1) is 17.6 Å². The average molecular weight is 380 g/mol. The van der Waals surface area contributed by atoms with Gasteiger partial charge in [-0.25, -0.2) is 4.98 Å². The quantitative estimate of drug-likeness (QED) is 0.586. The maximum Gasteiger partial charge on any atom is 0.251 e. The molecule has 1 heterocycles. The summed E-state index contributed by atoms with van der Waals surface area (Å²) >= 11 is 0. The fraction of sp³-hybridized carbons (Fsp3) is 0.286. The number of rotatable bonds is 7. The van der Waals surface area contributed by atoms with Crippen LogP contribution in [-0.2, 0) is 4.79 Å². The van der Waals surface area contributed by atoms with Crippen LogP contribution in [0.1, 0.15) is 31.1 Å². The van der Waals surface area contributed by atoms with Gasteiger partial charge in [0.1, 0.15) is 11.8 Å². The van der Waals surface area contributed by atoms with Gasteiger partial charge in [0.2, 0.25) is 11.9 Å². The van der Waals surface area contributed by atoms with E-state index in [1.54, 1.807) is 24.3 Å². The van der Waals surface area contributed by atoms with E-state index < -0.39 is 6.04 Å². The summed E-state index contributed by atoms with van der Waals surface area (Å²) in [6.45, 7) is 6.21. The van der Waals surface area contributed by atoms with Gasteiger partial charge >= 0.3 is 0 Å². The maximum atomic E-state index is 12.7. The maximum absolute atomic E-state index is 12.7. The summed E-state index contributed by atoms with van der Waals surface area (Å²) in [6.07, 6.45) is 0. The summed E-state index contributed by atoms with van der Waals surface area (Å²) in [5.74, 6) is 0.306. The first kappa shape index (κ1) is 19.4. The number of para-hydroxylation sites is 2. The summed E-state index contributed by atoms with van der Waals surface area (Å²) in [7, 11) is 0. The Bertz CT molecular complexity index is 930. The molecule has 3 rings (SSSR count). The second kappa shape index (κ2) is 8.56. The van der Waals surface area contributed by atoms with Gasteiger partial charge in [0, 0.05) is 5.56 Å². The van der Waals surface area contributed by atoms with Crippen molar-refractivity contribution in [3.63, 3.8) is 0 Å². The van der Waals surface area contributed by atoms with Crippen LogP contribution in [0.15, 0.2) is 48.5 Å². The van der Waals surface area contributed by atoms with Crippen LogP contribution in [-0.4, -0.2) is 34.4 Å². The van der Waals surface area contributed by atoms with Crippen LogP contribution >= 0.6 is 0 Å². The Morgan fingerprint density at radius 2 is 1.82 bits per heavy atom. The SMILES string of the molecule is CCOc1ccc(C(=O)N[C@H](C(=O)Nc2nc3ccccc3[nH]2)C(C)C)cc1. The fourth-order valence-electron chi connectivity index (χ4n) is 2.84. The molecule has 0 fully saturated rings. The smallest absolute Gasteiger partial charge is 0.251 e. The molecule has 2 aromatic carbocycles. The number of benzene rings is 2. The molecule has 1 aromatic heterocycles. The van der Waals surface area contributed by atoms with E-state index in [1.165, 1.54) is 0 Å². The van der Waals surface area contributed by atoms with Crippen molar-refractivity contribution >= 4 is 28.8 Å². The Morgan fingerprint density at radius 1 is 1.11 bits per heavy atom.